The topological polar surface area (TPSA) is 18.5 Å². The molecule has 0 aromatic carbocycles. The smallest absolute Gasteiger partial charge is 0.452 e. The normalized spacial score (nSPS) is 15.6. The van der Waals surface area contributed by atoms with E-state index in [1.54, 1.807) is 0 Å². The van der Waals surface area contributed by atoms with Gasteiger partial charge in [-0.15, -0.1) is 0 Å². The predicted molar refractivity (Wildman–Crippen MR) is 51.3 cm³/mol. The molecule has 0 rings (SSSR count). The van der Waals surface area contributed by atoms with Crippen LogP contribution in [0.4, 0.5) is 30.7 Å². The van der Waals surface area contributed by atoms with Crippen LogP contribution in [-0.4, -0.2) is 18.6 Å². The molecular weight excluding hydrogens is 285 g/mol. The summed E-state index contributed by atoms with van der Waals surface area (Å²) in [6.45, 7) is 4.56. The van der Waals surface area contributed by atoms with Crippen molar-refractivity contribution < 1.29 is 40.2 Å². The third-order valence-electron chi connectivity index (χ3n) is 1.73. The summed E-state index contributed by atoms with van der Waals surface area (Å²) >= 11 is 0. The van der Waals surface area contributed by atoms with Crippen LogP contribution in [0.2, 0.25) is 0 Å². The molecule has 9 heteroatoms. The minimum absolute atomic E-state index is 0.170. The van der Waals surface area contributed by atoms with E-state index in [1.807, 2.05) is 0 Å². The Morgan fingerprint density at radius 2 is 1.68 bits per heavy atom. The van der Waals surface area contributed by atoms with Gasteiger partial charge in [-0.25, -0.2) is 0 Å². The Kier molecular flexibility index (Phi) is 6.17. The first-order valence-electron chi connectivity index (χ1n) is 5.01. The first-order valence-corrected chi connectivity index (χ1v) is 5.01. The van der Waals surface area contributed by atoms with Crippen LogP contribution in [0.1, 0.15) is 19.8 Å². The van der Waals surface area contributed by atoms with Crippen molar-refractivity contribution >= 4 is 0 Å². The van der Waals surface area contributed by atoms with E-state index in [1.165, 1.54) is 6.92 Å². The average molecular weight is 296 g/mol. The van der Waals surface area contributed by atoms with Gasteiger partial charge in [0.15, 0.2) is 0 Å². The van der Waals surface area contributed by atoms with Crippen LogP contribution in [0.15, 0.2) is 24.4 Å². The second kappa shape index (κ2) is 6.67. The molecular formula is C10H11F7O2. The van der Waals surface area contributed by atoms with Crippen molar-refractivity contribution in [2.24, 2.45) is 0 Å². The lowest BCUT2D eigenvalue weighted by molar-refractivity contribution is -0.189. The van der Waals surface area contributed by atoms with Crippen molar-refractivity contribution in [1.29, 1.82) is 0 Å². The van der Waals surface area contributed by atoms with E-state index < -0.39 is 30.2 Å². The van der Waals surface area contributed by atoms with Crippen molar-refractivity contribution in [3.63, 3.8) is 0 Å². The van der Waals surface area contributed by atoms with Gasteiger partial charge in [-0.2, -0.15) is 30.7 Å². The minimum atomic E-state index is -5.80. The van der Waals surface area contributed by atoms with Crippen molar-refractivity contribution in [3.8, 4) is 0 Å². The number of ether oxygens (including phenoxy) is 2. The Hall–Kier alpha value is -1.41. The summed E-state index contributed by atoms with van der Waals surface area (Å²) in [6, 6.07) is 0. The summed E-state index contributed by atoms with van der Waals surface area (Å²) < 4.78 is 94.1. The molecule has 0 bridgehead atoms. The summed E-state index contributed by atoms with van der Waals surface area (Å²) in [5.74, 6) is -6.12. The molecule has 0 saturated heterocycles. The molecule has 0 spiro atoms. The van der Waals surface area contributed by atoms with Crippen LogP contribution in [0.5, 0.6) is 0 Å². The number of hydrogen-bond donors (Lipinski definition) is 0. The Bertz CT molecular complexity index is 330. The van der Waals surface area contributed by atoms with E-state index in [2.05, 4.69) is 16.1 Å². The largest absolute Gasteiger partial charge is 0.463 e. The van der Waals surface area contributed by atoms with Crippen molar-refractivity contribution in [2.45, 2.75) is 38.4 Å². The zero-order chi connectivity index (χ0) is 15.3. The second-order valence-electron chi connectivity index (χ2n) is 3.28. The molecule has 0 saturated carbocycles. The maximum atomic E-state index is 12.7. The molecule has 19 heavy (non-hydrogen) atoms. The van der Waals surface area contributed by atoms with E-state index >= 15 is 0 Å². The third-order valence-corrected chi connectivity index (χ3v) is 1.73. The Morgan fingerprint density at radius 1 is 1.16 bits per heavy atom. The third kappa shape index (κ3) is 5.84. The first-order chi connectivity index (χ1) is 8.54. The quantitative estimate of drug-likeness (QED) is 0.405. The summed E-state index contributed by atoms with van der Waals surface area (Å²) in [7, 11) is 0. The molecule has 0 fully saturated rings. The first kappa shape index (κ1) is 17.6. The molecule has 2 nitrogen and oxygen atoms in total. The summed E-state index contributed by atoms with van der Waals surface area (Å²) in [6.07, 6.45) is -12.4. The van der Waals surface area contributed by atoms with Crippen LogP contribution in [0.25, 0.3) is 0 Å². The molecule has 1 unspecified atom stereocenters. The second-order valence-corrected chi connectivity index (χ2v) is 3.28. The Balaban J connectivity index is 5.35. The zero-order valence-electron chi connectivity index (χ0n) is 9.74. The molecule has 0 aromatic rings. The van der Waals surface area contributed by atoms with E-state index in [0.717, 1.165) is 0 Å². The SMILES string of the molecule is C=COC(CCC)O/C(=C(\F)C(F)(F)F)C(F)(F)F. The lowest BCUT2D eigenvalue weighted by Crippen LogP contribution is -2.27. The number of alkyl halides is 6. The van der Waals surface area contributed by atoms with Gasteiger partial charge in [0.2, 0.25) is 12.0 Å². The molecule has 112 valence electrons. The van der Waals surface area contributed by atoms with Gasteiger partial charge in [-0.05, 0) is 6.42 Å². The summed E-state index contributed by atoms with van der Waals surface area (Å²) in [5.41, 5.74) is 0. The Morgan fingerprint density at radius 3 is 2.00 bits per heavy atom. The van der Waals surface area contributed by atoms with Crippen molar-refractivity contribution in [1.82, 2.24) is 0 Å². The van der Waals surface area contributed by atoms with E-state index in [9.17, 15) is 30.7 Å². The highest BCUT2D eigenvalue weighted by Gasteiger charge is 2.49. The molecule has 0 aromatic heterocycles. The van der Waals surface area contributed by atoms with Gasteiger partial charge in [0.25, 0.3) is 5.83 Å². The van der Waals surface area contributed by atoms with E-state index in [4.69, 9.17) is 0 Å². The van der Waals surface area contributed by atoms with Crippen molar-refractivity contribution in [3.05, 3.63) is 24.4 Å². The lowest BCUT2D eigenvalue weighted by atomic mass is 10.3. The number of halogens is 7. The highest BCUT2D eigenvalue weighted by atomic mass is 19.4. The maximum Gasteiger partial charge on any atom is 0.452 e. The van der Waals surface area contributed by atoms with Gasteiger partial charge in [-0.1, -0.05) is 13.5 Å². The molecule has 0 heterocycles. The van der Waals surface area contributed by atoms with Crippen LogP contribution in [0, 0.1) is 0 Å². The summed E-state index contributed by atoms with van der Waals surface area (Å²) in [5, 5.41) is 0. The number of allylic oxidation sites excluding steroid dienone is 2. The highest BCUT2D eigenvalue weighted by Crippen LogP contribution is 2.38. The van der Waals surface area contributed by atoms with Gasteiger partial charge in [0.1, 0.15) is 0 Å². The fraction of sp³-hybridized carbons (Fsp3) is 0.600. The molecule has 0 aliphatic rings. The van der Waals surface area contributed by atoms with Gasteiger partial charge in [0.05, 0.1) is 6.26 Å². The molecule has 0 aliphatic heterocycles. The number of hydrogen-bond acceptors (Lipinski definition) is 2. The van der Waals surface area contributed by atoms with Gasteiger partial charge < -0.3 is 9.47 Å². The Labute approximate surface area is 104 Å². The highest BCUT2D eigenvalue weighted by molar-refractivity contribution is 5.11. The maximum absolute atomic E-state index is 12.7. The van der Waals surface area contributed by atoms with Crippen LogP contribution < -0.4 is 0 Å². The molecule has 0 N–H and O–H groups in total. The zero-order valence-corrected chi connectivity index (χ0v) is 9.74. The van der Waals surface area contributed by atoms with E-state index in [-0.39, 0.29) is 12.8 Å². The van der Waals surface area contributed by atoms with Crippen LogP contribution in [0.3, 0.4) is 0 Å². The van der Waals surface area contributed by atoms with Gasteiger partial charge in [0, 0.05) is 6.42 Å². The molecule has 0 radical (unpaired) electrons. The fourth-order valence-corrected chi connectivity index (χ4v) is 1.00. The van der Waals surface area contributed by atoms with Crippen LogP contribution in [-0.2, 0) is 9.47 Å². The summed E-state index contributed by atoms with van der Waals surface area (Å²) in [4.78, 5) is 0. The minimum Gasteiger partial charge on any atom is -0.463 e. The molecule has 0 amide bonds. The lowest BCUT2D eigenvalue weighted by Gasteiger charge is -2.22. The van der Waals surface area contributed by atoms with Crippen molar-refractivity contribution in [2.75, 3.05) is 0 Å². The van der Waals surface area contributed by atoms with E-state index in [0.29, 0.717) is 6.26 Å². The standard InChI is InChI=1S/C10H11F7O2/c1-3-5-6(18-4-2)19-8(10(15,16)17)7(11)9(12,13)14/h4,6H,2-3,5H2,1H3/b8-7-. The monoisotopic (exact) mass is 296 g/mol. The van der Waals surface area contributed by atoms with Crippen LogP contribution >= 0.6 is 0 Å². The predicted octanol–water partition coefficient (Wildman–Crippen LogP) is 4.60. The fourth-order valence-electron chi connectivity index (χ4n) is 1.00. The van der Waals surface area contributed by atoms with Gasteiger partial charge >= 0.3 is 12.4 Å². The van der Waals surface area contributed by atoms with Gasteiger partial charge in [-0.3, -0.25) is 0 Å². The number of rotatable bonds is 6. The average Bonchev–Trinajstić information content (AvgIpc) is 2.22. The molecule has 1 atom stereocenters. The molecule has 0 aliphatic carbocycles.